The van der Waals surface area contributed by atoms with Gasteiger partial charge < -0.3 is 10.3 Å². The van der Waals surface area contributed by atoms with Gasteiger partial charge in [-0.25, -0.2) is 4.98 Å². The molecule has 2 N–H and O–H groups in total. The molecule has 110 valence electrons. The highest BCUT2D eigenvalue weighted by molar-refractivity contribution is 7.13. The molecule has 0 saturated heterocycles. The molecule has 0 fully saturated rings. The lowest BCUT2D eigenvalue weighted by Crippen LogP contribution is -2.25. The van der Waals surface area contributed by atoms with Crippen LogP contribution in [0.5, 0.6) is 0 Å². The summed E-state index contributed by atoms with van der Waals surface area (Å²) in [6.45, 7) is 1.88. The standard InChI is InChI=1S/C15H17N3O2S/c1-9-8-21-15(17-9)18-13(19)6-10-7-16-12-5-3-2-4-11(12)14(10)20/h7-8H,2-6H2,1H3,(H,16,20)(H,17,18,19). The second-order valence-corrected chi connectivity index (χ2v) is 6.18. The van der Waals surface area contributed by atoms with Gasteiger partial charge in [-0.15, -0.1) is 11.3 Å². The minimum atomic E-state index is -0.203. The van der Waals surface area contributed by atoms with Crippen LogP contribution in [0, 0.1) is 6.92 Å². The molecule has 0 radical (unpaired) electrons. The molecule has 0 saturated carbocycles. The van der Waals surface area contributed by atoms with Crippen LogP contribution in [0.3, 0.4) is 0 Å². The van der Waals surface area contributed by atoms with E-state index in [1.807, 2.05) is 12.3 Å². The highest BCUT2D eigenvalue weighted by Gasteiger charge is 2.17. The Morgan fingerprint density at radius 3 is 3.00 bits per heavy atom. The fourth-order valence-corrected chi connectivity index (χ4v) is 3.33. The Morgan fingerprint density at radius 1 is 1.43 bits per heavy atom. The predicted octanol–water partition coefficient (Wildman–Crippen LogP) is 2.20. The summed E-state index contributed by atoms with van der Waals surface area (Å²) in [5, 5.41) is 5.19. The highest BCUT2D eigenvalue weighted by atomic mass is 32.1. The highest BCUT2D eigenvalue weighted by Crippen LogP contribution is 2.17. The number of aromatic amines is 1. The summed E-state index contributed by atoms with van der Waals surface area (Å²) >= 11 is 1.39. The first-order valence-corrected chi connectivity index (χ1v) is 7.96. The maximum Gasteiger partial charge on any atom is 0.230 e. The number of aryl methyl sites for hydroxylation is 2. The molecular formula is C15H17N3O2S. The maximum absolute atomic E-state index is 12.4. The first-order valence-electron chi connectivity index (χ1n) is 7.08. The summed E-state index contributed by atoms with van der Waals surface area (Å²) in [6, 6.07) is 0. The molecule has 0 bridgehead atoms. The second kappa shape index (κ2) is 5.81. The number of thiazole rings is 1. The average molecular weight is 303 g/mol. The Balaban J connectivity index is 1.75. The van der Waals surface area contributed by atoms with Gasteiger partial charge in [-0.1, -0.05) is 0 Å². The van der Waals surface area contributed by atoms with Crippen LogP contribution in [-0.4, -0.2) is 15.9 Å². The molecule has 5 nitrogen and oxygen atoms in total. The molecule has 0 aliphatic heterocycles. The van der Waals surface area contributed by atoms with E-state index in [2.05, 4.69) is 15.3 Å². The molecule has 1 amide bonds. The van der Waals surface area contributed by atoms with Crippen molar-refractivity contribution in [1.29, 1.82) is 0 Å². The Hall–Kier alpha value is -1.95. The second-order valence-electron chi connectivity index (χ2n) is 5.33. The number of nitrogens with one attached hydrogen (secondary N) is 2. The number of fused-ring (bicyclic) bond motifs is 1. The first-order chi connectivity index (χ1) is 10.1. The van der Waals surface area contributed by atoms with Gasteiger partial charge in [-0.3, -0.25) is 9.59 Å². The lowest BCUT2D eigenvalue weighted by Gasteiger charge is -2.15. The Labute approximate surface area is 126 Å². The fraction of sp³-hybridized carbons (Fsp3) is 0.400. The van der Waals surface area contributed by atoms with Crippen molar-refractivity contribution >= 4 is 22.4 Å². The van der Waals surface area contributed by atoms with Crippen molar-refractivity contribution in [3.8, 4) is 0 Å². The molecule has 0 unspecified atom stereocenters. The summed E-state index contributed by atoms with van der Waals surface area (Å²) in [6.07, 6.45) is 5.66. The fourth-order valence-electron chi connectivity index (χ4n) is 2.63. The number of anilines is 1. The van der Waals surface area contributed by atoms with Crippen LogP contribution in [0.4, 0.5) is 5.13 Å². The summed E-state index contributed by atoms with van der Waals surface area (Å²) in [7, 11) is 0. The molecule has 0 atom stereocenters. The summed E-state index contributed by atoms with van der Waals surface area (Å²) in [4.78, 5) is 31.8. The van der Waals surface area contributed by atoms with Gasteiger partial charge in [0.25, 0.3) is 0 Å². The van der Waals surface area contributed by atoms with Crippen LogP contribution in [0.1, 0.15) is 35.4 Å². The van der Waals surface area contributed by atoms with Gasteiger partial charge in [0.2, 0.25) is 5.91 Å². The first kappa shape index (κ1) is 14.0. The van der Waals surface area contributed by atoms with Gasteiger partial charge >= 0.3 is 0 Å². The molecule has 2 aromatic rings. The number of hydrogen-bond donors (Lipinski definition) is 2. The van der Waals surface area contributed by atoms with E-state index in [1.54, 1.807) is 6.20 Å². The number of carbonyl (C=O) groups is 1. The summed E-state index contributed by atoms with van der Waals surface area (Å²) in [5.74, 6) is -0.203. The molecule has 2 heterocycles. The van der Waals surface area contributed by atoms with E-state index < -0.39 is 0 Å². The quantitative estimate of drug-likeness (QED) is 0.913. The lowest BCUT2D eigenvalue weighted by molar-refractivity contribution is -0.115. The monoisotopic (exact) mass is 303 g/mol. The van der Waals surface area contributed by atoms with Crippen molar-refractivity contribution < 1.29 is 4.79 Å². The van der Waals surface area contributed by atoms with E-state index in [0.717, 1.165) is 42.6 Å². The largest absolute Gasteiger partial charge is 0.364 e. The molecule has 2 aromatic heterocycles. The number of pyridine rings is 1. The number of hydrogen-bond acceptors (Lipinski definition) is 4. The molecule has 0 spiro atoms. The van der Waals surface area contributed by atoms with E-state index >= 15 is 0 Å². The maximum atomic E-state index is 12.4. The molecular weight excluding hydrogens is 286 g/mol. The molecule has 6 heteroatoms. The number of H-pyrrole nitrogens is 1. The van der Waals surface area contributed by atoms with Gasteiger partial charge in [0, 0.05) is 28.4 Å². The minimum absolute atomic E-state index is 0.0221. The molecule has 1 aliphatic rings. The number of amides is 1. The number of nitrogens with zero attached hydrogens (tertiary/aromatic N) is 1. The van der Waals surface area contributed by atoms with Crippen LogP contribution in [0.25, 0.3) is 0 Å². The number of carbonyl (C=O) groups excluding carboxylic acids is 1. The SMILES string of the molecule is Cc1csc(NC(=O)Cc2c[nH]c3c(c2=O)CCCC3)n1. The van der Waals surface area contributed by atoms with Crippen molar-refractivity contribution in [1.82, 2.24) is 9.97 Å². The van der Waals surface area contributed by atoms with Gasteiger partial charge in [0.15, 0.2) is 10.6 Å². The average Bonchev–Trinajstić information content (AvgIpc) is 2.87. The third kappa shape index (κ3) is 3.05. The lowest BCUT2D eigenvalue weighted by atomic mass is 9.94. The molecule has 0 aromatic carbocycles. The van der Waals surface area contributed by atoms with Crippen molar-refractivity contribution in [3.63, 3.8) is 0 Å². The van der Waals surface area contributed by atoms with Crippen LogP contribution < -0.4 is 10.7 Å². The van der Waals surface area contributed by atoms with Crippen molar-refractivity contribution in [2.45, 2.75) is 39.0 Å². The van der Waals surface area contributed by atoms with Crippen molar-refractivity contribution in [2.75, 3.05) is 5.32 Å². The van der Waals surface area contributed by atoms with E-state index in [1.165, 1.54) is 11.3 Å². The van der Waals surface area contributed by atoms with E-state index in [-0.39, 0.29) is 17.8 Å². The van der Waals surface area contributed by atoms with E-state index in [0.29, 0.717) is 10.7 Å². The Bertz CT molecular complexity index is 733. The van der Waals surface area contributed by atoms with Crippen molar-refractivity contribution in [3.05, 3.63) is 44.3 Å². The van der Waals surface area contributed by atoms with Gasteiger partial charge in [-0.2, -0.15) is 0 Å². The van der Waals surface area contributed by atoms with E-state index in [4.69, 9.17) is 0 Å². The normalized spacial score (nSPS) is 13.8. The summed E-state index contributed by atoms with van der Waals surface area (Å²) < 4.78 is 0. The molecule has 21 heavy (non-hydrogen) atoms. The van der Waals surface area contributed by atoms with Gasteiger partial charge in [-0.05, 0) is 32.6 Å². The minimum Gasteiger partial charge on any atom is -0.364 e. The van der Waals surface area contributed by atoms with Gasteiger partial charge in [0.1, 0.15) is 0 Å². The zero-order valence-electron chi connectivity index (χ0n) is 11.9. The van der Waals surface area contributed by atoms with Crippen LogP contribution in [0.15, 0.2) is 16.4 Å². The smallest absolute Gasteiger partial charge is 0.230 e. The number of rotatable bonds is 3. The van der Waals surface area contributed by atoms with Crippen LogP contribution in [0.2, 0.25) is 0 Å². The zero-order chi connectivity index (χ0) is 14.8. The number of aromatic nitrogens is 2. The molecule has 1 aliphatic carbocycles. The third-order valence-corrected chi connectivity index (χ3v) is 4.55. The van der Waals surface area contributed by atoms with Gasteiger partial charge in [0.05, 0.1) is 12.1 Å². The van der Waals surface area contributed by atoms with E-state index in [9.17, 15) is 9.59 Å². The van der Waals surface area contributed by atoms with Crippen LogP contribution >= 0.6 is 11.3 Å². The topological polar surface area (TPSA) is 74.8 Å². The summed E-state index contributed by atoms with van der Waals surface area (Å²) in [5.41, 5.74) is 3.32. The zero-order valence-corrected chi connectivity index (χ0v) is 12.7. The Kier molecular flexibility index (Phi) is 3.88. The molecule has 3 rings (SSSR count). The predicted molar refractivity (Wildman–Crippen MR) is 82.9 cm³/mol. The van der Waals surface area contributed by atoms with Crippen LogP contribution in [-0.2, 0) is 24.1 Å². The Morgan fingerprint density at radius 2 is 2.24 bits per heavy atom. The third-order valence-electron chi connectivity index (χ3n) is 3.67. The van der Waals surface area contributed by atoms with Crippen molar-refractivity contribution in [2.24, 2.45) is 0 Å².